The summed E-state index contributed by atoms with van der Waals surface area (Å²) in [4.78, 5) is 5.43. The van der Waals surface area contributed by atoms with Crippen molar-refractivity contribution in [3.8, 4) is 5.75 Å². The number of hydrogen-bond acceptors (Lipinski definition) is 8. The van der Waals surface area contributed by atoms with Gasteiger partial charge in [0, 0.05) is 6.42 Å². The molecular weight excluding hydrogens is 306 g/mol. The fraction of sp³-hybridized carbons (Fsp3) is 0.600. The van der Waals surface area contributed by atoms with Crippen LogP contribution in [0.4, 0.5) is 0 Å². The second kappa shape index (κ2) is 6.33. The van der Waals surface area contributed by atoms with Gasteiger partial charge < -0.3 is 29.9 Å². The van der Waals surface area contributed by atoms with Gasteiger partial charge in [-0.15, -0.1) is 0 Å². The van der Waals surface area contributed by atoms with Crippen molar-refractivity contribution < 1.29 is 34.7 Å². The Labute approximate surface area is 133 Å². The molecule has 128 valence electrons. The average Bonchev–Trinajstić information content (AvgIpc) is 3.02. The van der Waals surface area contributed by atoms with E-state index in [-0.39, 0.29) is 12.5 Å². The smallest absolute Gasteiger partial charge is 0.218 e. The minimum Gasteiger partial charge on any atom is -0.497 e. The molecule has 2 aliphatic rings. The lowest BCUT2D eigenvalue weighted by atomic mass is 9.88. The van der Waals surface area contributed by atoms with Crippen molar-refractivity contribution in [2.75, 3.05) is 13.7 Å². The third-order valence-corrected chi connectivity index (χ3v) is 4.42. The van der Waals surface area contributed by atoms with E-state index in [1.54, 1.807) is 19.2 Å². The first-order chi connectivity index (χ1) is 11.0. The lowest BCUT2D eigenvalue weighted by Crippen LogP contribution is -2.65. The number of aliphatic hydroxyl groups is 4. The predicted molar refractivity (Wildman–Crippen MR) is 77.3 cm³/mol. The van der Waals surface area contributed by atoms with E-state index >= 15 is 0 Å². The number of benzene rings is 1. The van der Waals surface area contributed by atoms with Gasteiger partial charge >= 0.3 is 0 Å². The van der Waals surface area contributed by atoms with Crippen LogP contribution in [0, 0.1) is 0 Å². The van der Waals surface area contributed by atoms with E-state index in [1.165, 1.54) is 0 Å². The molecule has 23 heavy (non-hydrogen) atoms. The third-order valence-electron chi connectivity index (χ3n) is 4.42. The number of ether oxygens (including phenoxy) is 2. The number of hydrogen-bond donors (Lipinski definition) is 5. The highest BCUT2D eigenvalue weighted by Gasteiger charge is 2.58. The standard InChI is InChI=1S/C15H21NO7/c1-21-9-4-2-8(3-5-9)10-6-15(23-16-10)14(20)13(19)12(18)11(7-17)22-15/h2-5,10-14,16-20H,6-7H2,1H3/t10?,11-,12-,13+,14-,15-/m1/s1. The van der Waals surface area contributed by atoms with Gasteiger partial charge in [0.1, 0.15) is 30.2 Å². The van der Waals surface area contributed by atoms with Gasteiger partial charge in [-0.05, 0) is 17.7 Å². The molecule has 8 nitrogen and oxygen atoms in total. The highest BCUT2D eigenvalue weighted by Crippen LogP contribution is 2.42. The van der Waals surface area contributed by atoms with Crippen LogP contribution in [0.1, 0.15) is 18.0 Å². The maximum atomic E-state index is 10.3. The first-order valence-electron chi connectivity index (χ1n) is 7.41. The molecule has 8 heteroatoms. The van der Waals surface area contributed by atoms with Crippen LogP contribution in [0.2, 0.25) is 0 Å². The quantitative estimate of drug-likeness (QED) is 0.471. The van der Waals surface area contributed by atoms with E-state index in [4.69, 9.17) is 14.3 Å². The van der Waals surface area contributed by atoms with Crippen molar-refractivity contribution in [1.29, 1.82) is 0 Å². The zero-order chi connectivity index (χ0) is 16.6. The molecule has 2 aliphatic heterocycles. The van der Waals surface area contributed by atoms with Crippen LogP contribution in [-0.2, 0) is 9.57 Å². The molecule has 2 fully saturated rings. The summed E-state index contributed by atoms with van der Waals surface area (Å²) in [6, 6.07) is 7.02. The lowest BCUT2D eigenvalue weighted by molar-refractivity contribution is -0.360. The molecule has 2 saturated heterocycles. The van der Waals surface area contributed by atoms with Gasteiger partial charge in [-0.2, -0.15) is 5.48 Å². The number of hydroxylamine groups is 1. The summed E-state index contributed by atoms with van der Waals surface area (Å²) < 4.78 is 10.7. The van der Waals surface area contributed by atoms with Crippen molar-refractivity contribution in [2.24, 2.45) is 0 Å². The van der Waals surface area contributed by atoms with E-state index < -0.39 is 36.8 Å². The molecule has 0 amide bonds. The number of methoxy groups -OCH3 is 1. The van der Waals surface area contributed by atoms with Crippen molar-refractivity contribution >= 4 is 0 Å². The predicted octanol–water partition coefficient (Wildman–Crippen LogP) is -1.17. The molecule has 1 aromatic carbocycles. The fourth-order valence-corrected chi connectivity index (χ4v) is 3.02. The van der Waals surface area contributed by atoms with Crippen LogP contribution in [0.25, 0.3) is 0 Å². The Balaban J connectivity index is 1.78. The Morgan fingerprint density at radius 3 is 2.52 bits per heavy atom. The monoisotopic (exact) mass is 327 g/mol. The highest BCUT2D eigenvalue weighted by atomic mass is 16.8. The van der Waals surface area contributed by atoms with Gasteiger partial charge in [0.25, 0.3) is 0 Å². The van der Waals surface area contributed by atoms with E-state index in [0.717, 1.165) is 11.3 Å². The molecule has 5 N–H and O–H groups in total. The van der Waals surface area contributed by atoms with Crippen molar-refractivity contribution in [2.45, 2.75) is 42.7 Å². The largest absolute Gasteiger partial charge is 0.497 e. The maximum absolute atomic E-state index is 10.3. The van der Waals surface area contributed by atoms with Gasteiger partial charge in [0.2, 0.25) is 5.79 Å². The SMILES string of the molecule is COc1ccc(C2C[C@]3(ON2)O[C@H](CO)[C@@H](O)[C@H](O)[C@H]3O)cc1. The van der Waals surface area contributed by atoms with E-state index in [9.17, 15) is 20.4 Å². The fourth-order valence-electron chi connectivity index (χ4n) is 3.02. The summed E-state index contributed by atoms with van der Waals surface area (Å²) in [6.45, 7) is -0.497. The van der Waals surface area contributed by atoms with Crippen molar-refractivity contribution in [1.82, 2.24) is 5.48 Å². The van der Waals surface area contributed by atoms with Gasteiger partial charge in [-0.25, -0.2) is 0 Å². The minimum absolute atomic E-state index is 0.209. The topological polar surface area (TPSA) is 121 Å². The summed E-state index contributed by atoms with van der Waals surface area (Å²) in [7, 11) is 1.58. The van der Waals surface area contributed by atoms with Gasteiger partial charge in [-0.3, -0.25) is 4.84 Å². The van der Waals surface area contributed by atoms with Crippen molar-refractivity contribution in [3.63, 3.8) is 0 Å². The molecule has 2 heterocycles. The molecule has 1 aromatic rings. The summed E-state index contributed by atoms with van der Waals surface area (Å²) in [5, 5.41) is 39.3. The average molecular weight is 327 g/mol. The lowest BCUT2D eigenvalue weighted by Gasteiger charge is -2.45. The molecule has 1 unspecified atom stereocenters. The number of nitrogens with one attached hydrogen (secondary N) is 1. The normalized spacial score (nSPS) is 40.5. The Kier molecular flexibility index (Phi) is 4.56. The van der Waals surface area contributed by atoms with Crippen LogP contribution in [0.15, 0.2) is 24.3 Å². The van der Waals surface area contributed by atoms with E-state index in [0.29, 0.717) is 0 Å². The molecule has 3 rings (SSSR count). The maximum Gasteiger partial charge on any atom is 0.218 e. The van der Waals surface area contributed by atoms with Gasteiger partial charge in [0.05, 0.1) is 19.8 Å². The highest BCUT2D eigenvalue weighted by molar-refractivity contribution is 5.29. The molecule has 0 bridgehead atoms. The molecule has 0 aromatic heterocycles. The molecule has 6 atom stereocenters. The van der Waals surface area contributed by atoms with E-state index in [1.807, 2.05) is 12.1 Å². The second-order valence-corrected chi connectivity index (χ2v) is 5.83. The summed E-state index contributed by atoms with van der Waals surface area (Å²) >= 11 is 0. The first kappa shape index (κ1) is 16.6. The molecule has 0 saturated carbocycles. The minimum atomic E-state index is -1.53. The Hall–Kier alpha value is -1.26. The van der Waals surface area contributed by atoms with Crippen LogP contribution in [-0.4, -0.2) is 64.3 Å². The van der Waals surface area contributed by atoms with Crippen LogP contribution >= 0.6 is 0 Å². The van der Waals surface area contributed by atoms with Crippen LogP contribution in [0.3, 0.4) is 0 Å². The Bertz CT molecular complexity index is 537. The van der Waals surface area contributed by atoms with E-state index in [2.05, 4.69) is 5.48 Å². The van der Waals surface area contributed by atoms with Gasteiger partial charge in [0.15, 0.2) is 0 Å². The van der Waals surface area contributed by atoms with Crippen LogP contribution < -0.4 is 10.2 Å². The molecule has 1 spiro atoms. The first-order valence-corrected chi connectivity index (χ1v) is 7.41. The zero-order valence-electron chi connectivity index (χ0n) is 12.6. The number of aliphatic hydroxyl groups excluding tert-OH is 4. The summed E-state index contributed by atoms with van der Waals surface area (Å²) in [5.41, 5.74) is 3.67. The Morgan fingerprint density at radius 2 is 1.91 bits per heavy atom. The summed E-state index contributed by atoms with van der Waals surface area (Å²) in [6.07, 6.45) is -5.14. The van der Waals surface area contributed by atoms with Crippen molar-refractivity contribution in [3.05, 3.63) is 29.8 Å². The summed E-state index contributed by atoms with van der Waals surface area (Å²) in [5.74, 6) is -0.813. The number of rotatable bonds is 3. The third kappa shape index (κ3) is 2.83. The zero-order valence-corrected chi connectivity index (χ0v) is 12.6. The molecule has 0 radical (unpaired) electrons. The van der Waals surface area contributed by atoms with Gasteiger partial charge in [-0.1, -0.05) is 12.1 Å². The molecule has 0 aliphatic carbocycles. The van der Waals surface area contributed by atoms with Crippen LogP contribution in [0.5, 0.6) is 5.75 Å². The Morgan fingerprint density at radius 1 is 1.22 bits per heavy atom. The molecular formula is C15H21NO7. The second-order valence-electron chi connectivity index (χ2n) is 5.83.